The van der Waals surface area contributed by atoms with Crippen LogP contribution in [0.2, 0.25) is 0 Å². The molecule has 1 heterocycles. The van der Waals surface area contributed by atoms with E-state index in [-0.39, 0.29) is 5.56 Å². The fraction of sp³-hybridized carbons (Fsp3) is 0.154. The molecule has 1 aromatic carbocycles. The van der Waals surface area contributed by atoms with Crippen molar-refractivity contribution in [3.05, 3.63) is 52.0 Å². The maximum absolute atomic E-state index is 13.3. The first-order valence-corrected chi connectivity index (χ1v) is 6.08. The van der Waals surface area contributed by atoms with Crippen LogP contribution in [0.25, 0.3) is 0 Å². The molecule has 4 heteroatoms. The van der Waals surface area contributed by atoms with E-state index in [2.05, 4.69) is 0 Å². The molecule has 0 unspecified atom stereocenters. The van der Waals surface area contributed by atoms with E-state index in [9.17, 15) is 4.39 Å². The maximum Gasteiger partial charge on any atom is 0.144 e. The van der Waals surface area contributed by atoms with Crippen LogP contribution in [-0.2, 0) is 6.42 Å². The number of nitrogens with zero attached hydrogens (tertiary/aromatic N) is 1. The largest absolute Gasteiger partial charge is 0.492 e. The number of benzene rings is 1. The van der Waals surface area contributed by atoms with Crippen molar-refractivity contribution in [2.24, 2.45) is 0 Å². The van der Waals surface area contributed by atoms with E-state index in [4.69, 9.17) is 10.00 Å². The third-order valence-electron chi connectivity index (χ3n) is 2.32. The van der Waals surface area contributed by atoms with Crippen molar-refractivity contribution in [1.82, 2.24) is 0 Å². The smallest absolute Gasteiger partial charge is 0.144 e. The van der Waals surface area contributed by atoms with Crippen LogP contribution in [0.5, 0.6) is 5.75 Å². The van der Waals surface area contributed by atoms with Gasteiger partial charge in [0, 0.05) is 6.42 Å². The number of rotatable bonds is 4. The van der Waals surface area contributed by atoms with Crippen LogP contribution in [0.3, 0.4) is 0 Å². The van der Waals surface area contributed by atoms with Gasteiger partial charge in [0.05, 0.1) is 6.61 Å². The molecule has 0 radical (unpaired) electrons. The van der Waals surface area contributed by atoms with E-state index in [0.29, 0.717) is 12.4 Å². The molecule has 2 rings (SSSR count). The molecule has 17 heavy (non-hydrogen) atoms. The lowest BCUT2D eigenvalue weighted by Gasteiger charge is -2.07. The maximum atomic E-state index is 13.3. The summed E-state index contributed by atoms with van der Waals surface area (Å²) in [5, 5.41) is 12.9. The summed E-state index contributed by atoms with van der Waals surface area (Å²) in [4.78, 5) is 0. The van der Waals surface area contributed by atoms with Crippen molar-refractivity contribution >= 4 is 11.3 Å². The Kier molecular flexibility index (Phi) is 3.73. The number of halogens is 1. The van der Waals surface area contributed by atoms with Gasteiger partial charge in [0.25, 0.3) is 0 Å². The lowest BCUT2D eigenvalue weighted by atomic mass is 10.2. The quantitative estimate of drug-likeness (QED) is 0.829. The minimum atomic E-state index is -0.541. The van der Waals surface area contributed by atoms with Crippen molar-refractivity contribution in [3.8, 4) is 11.8 Å². The van der Waals surface area contributed by atoms with Crippen LogP contribution >= 0.6 is 11.3 Å². The summed E-state index contributed by atoms with van der Waals surface area (Å²) in [6, 6.07) is 8.23. The van der Waals surface area contributed by atoms with Crippen molar-refractivity contribution in [2.75, 3.05) is 6.61 Å². The topological polar surface area (TPSA) is 33.0 Å². The zero-order valence-electron chi connectivity index (χ0n) is 9.02. The molecule has 1 aromatic heterocycles. The Hall–Kier alpha value is -1.86. The minimum absolute atomic E-state index is 0.0298. The molecule has 0 aliphatic carbocycles. The normalized spacial score (nSPS) is 9.88. The van der Waals surface area contributed by atoms with Crippen LogP contribution in [0, 0.1) is 17.1 Å². The van der Waals surface area contributed by atoms with Crippen LogP contribution in [0.4, 0.5) is 4.39 Å². The van der Waals surface area contributed by atoms with Crippen molar-refractivity contribution < 1.29 is 9.13 Å². The van der Waals surface area contributed by atoms with Gasteiger partial charge in [-0.05, 0) is 34.5 Å². The molecule has 0 saturated carbocycles. The van der Waals surface area contributed by atoms with Crippen molar-refractivity contribution in [1.29, 1.82) is 5.26 Å². The molecule has 0 fully saturated rings. The first kappa shape index (κ1) is 11.6. The zero-order chi connectivity index (χ0) is 12.1. The lowest BCUT2D eigenvalue weighted by Crippen LogP contribution is -2.02. The number of ether oxygens (including phenoxy) is 1. The summed E-state index contributed by atoms with van der Waals surface area (Å²) < 4.78 is 18.7. The molecule has 0 saturated heterocycles. The van der Waals surface area contributed by atoms with Crippen LogP contribution < -0.4 is 4.74 Å². The van der Waals surface area contributed by atoms with E-state index in [1.165, 1.54) is 17.7 Å². The first-order chi connectivity index (χ1) is 8.31. The van der Waals surface area contributed by atoms with Crippen LogP contribution in [0.1, 0.15) is 11.1 Å². The lowest BCUT2D eigenvalue weighted by molar-refractivity contribution is 0.319. The average Bonchev–Trinajstić information content (AvgIpc) is 2.82. The van der Waals surface area contributed by atoms with Gasteiger partial charge in [-0.15, -0.1) is 0 Å². The first-order valence-electron chi connectivity index (χ1n) is 5.14. The van der Waals surface area contributed by atoms with Gasteiger partial charge < -0.3 is 4.74 Å². The van der Waals surface area contributed by atoms with Gasteiger partial charge in [-0.2, -0.15) is 16.6 Å². The van der Waals surface area contributed by atoms with Crippen molar-refractivity contribution in [3.63, 3.8) is 0 Å². The molecular formula is C13H10FNOS. The predicted molar refractivity (Wildman–Crippen MR) is 64.6 cm³/mol. The Labute approximate surface area is 103 Å². The van der Waals surface area contributed by atoms with Gasteiger partial charge in [-0.25, -0.2) is 4.39 Å². The van der Waals surface area contributed by atoms with Crippen LogP contribution in [0.15, 0.2) is 35.0 Å². The van der Waals surface area contributed by atoms with Crippen molar-refractivity contribution in [2.45, 2.75) is 6.42 Å². The van der Waals surface area contributed by atoms with E-state index >= 15 is 0 Å². The SMILES string of the molecule is N#Cc1c(F)cccc1OCCc1ccsc1. The summed E-state index contributed by atoms with van der Waals surface area (Å²) in [5.41, 5.74) is 1.16. The fourth-order valence-electron chi connectivity index (χ4n) is 1.45. The molecule has 86 valence electrons. The second-order valence-corrected chi connectivity index (χ2v) is 4.23. The van der Waals surface area contributed by atoms with E-state index < -0.39 is 5.82 Å². The molecule has 2 aromatic rings. The standard InChI is InChI=1S/C13H10FNOS/c14-12-2-1-3-13(11(12)8-15)16-6-4-10-5-7-17-9-10/h1-3,5,7,9H,4,6H2. The predicted octanol–water partition coefficient (Wildman–Crippen LogP) is 3.38. The highest BCUT2D eigenvalue weighted by Gasteiger charge is 2.08. The van der Waals surface area contributed by atoms with Gasteiger partial charge in [0.1, 0.15) is 23.2 Å². The molecule has 0 aliphatic heterocycles. The Bertz CT molecular complexity index is 531. The van der Waals surface area contributed by atoms with E-state index in [0.717, 1.165) is 6.42 Å². The highest BCUT2D eigenvalue weighted by Crippen LogP contribution is 2.20. The molecule has 0 amide bonds. The molecule has 0 N–H and O–H groups in total. The summed E-state index contributed by atoms with van der Waals surface area (Å²) >= 11 is 1.63. The third-order valence-corrected chi connectivity index (χ3v) is 3.05. The highest BCUT2D eigenvalue weighted by molar-refractivity contribution is 7.07. The summed E-state index contributed by atoms with van der Waals surface area (Å²) in [7, 11) is 0. The summed E-state index contributed by atoms with van der Waals surface area (Å²) in [6.45, 7) is 0.439. The number of hydrogen-bond donors (Lipinski definition) is 0. The molecule has 0 bridgehead atoms. The molecule has 0 aliphatic rings. The summed E-state index contributed by atoms with van der Waals surface area (Å²) in [6.07, 6.45) is 0.755. The second-order valence-electron chi connectivity index (χ2n) is 3.45. The Morgan fingerprint density at radius 1 is 1.35 bits per heavy atom. The summed E-state index contributed by atoms with van der Waals surface area (Å²) in [5.74, 6) is -0.233. The monoisotopic (exact) mass is 247 g/mol. The molecule has 0 spiro atoms. The van der Waals surface area contributed by atoms with Gasteiger partial charge in [0.2, 0.25) is 0 Å². The molecule has 0 atom stereocenters. The Balaban J connectivity index is 2.00. The molecule has 2 nitrogen and oxygen atoms in total. The molecular weight excluding hydrogens is 237 g/mol. The number of thiophene rings is 1. The zero-order valence-corrected chi connectivity index (χ0v) is 9.84. The number of nitriles is 1. The second kappa shape index (κ2) is 5.46. The van der Waals surface area contributed by atoms with Gasteiger partial charge in [-0.1, -0.05) is 6.07 Å². The van der Waals surface area contributed by atoms with E-state index in [1.54, 1.807) is 17.4 Å². The van der Waals surface area contributed by atoms with E-state index in [1.807, 2.05) is 22.9 Å². The minimum Gasteiger partial charge on any atom is -0.492 e. The van der Waals surface area contributed by atoms with Gasteiger partial charge in [-0.3, -0.25) is 0 Å². The highest BCUT2D eigenvalue weighted by atomic mass is 32.1. The Morgan fingerprint density at radius 3 is 2.94 bits per heavy atom. The van der Waals surface area contributed by atoms with Gasteiger partial charge in [0.15, 0.2) is 0 Å². The van der Waals surface area contributed by atoms with Gasteiger partial charge >= 0.3 is 0 Å². The third kappa shape index (κ3) is 2.83. The fourth-order valence-corrected chi connectivity index (χ4v) is 2.15. The average molecular weight is 247 g/mol. The number of hydrogen-bond acceptors (Lipinski definition) is 3. The Morgan fingerprint density at radius 2 is 2.24 bits per heavy atom. The van der Waals surface area contributed by atoms with Crippen LogP contribution in [-0.4, -0.2) is 6.61 Å².